The van der Waals surface area contributed by atoms with Crippen LogP contribution in [0.25, 0.3) is 0 Å². The molecule has 2 atom stereocenters. The Hall–Kier alpha value is -0.0800. The minimum absolute atomic E-state index is 0.671. The molecule has 2 nitrogen and oxygen atoms in total. The third-order valence-electron chi connectivity index (χ3n) is 6.58. The van der Waals surface area contributed by atoms with Gasteiger partial charge in [-0.2, -0.15) is 0 Å². The van der Waals surface area contributed by atoms with Crippen LogP contribution in [-0.4, -0.2) is 48.1 Å². The maximum atomic E-state index is 2.90. The van der Waals surface area contributed by atoms with Crippen molar-refractivity contribution in [2.45, 2.75) is 83.7 Å². The molecule has 3 rings (SSSR count). The summed E-state index contributed by atoms with van der Waals surface area (Å²) in [6.07, 6.45) is 13.0. The van der Waals surface area contributed by atoms with Gasteiger partial charge in [-0.15, -0.1) is 0 Å². The second-order valence-corrected chi connectivity index (χ2v) is 7.70. The number of rotatable bonds is 4. The lowest BCUT2D eigenvalue weighted by atomic mass is 9.81. The van der Waals surface area contributed by atoms with Gasteiger partial charge in [0, 0.05) is 31.7 Å². The number of piperazine rings is 1. The first-order chi connectivity index (χ1) is 9.76. The lowest BCUT2D eigenvalue weighted by molar-refractivity contribution is -0.0144. The van der Waals surface area contributed by atoms with Crippen molar-refractivity contribution < 1.29 is 0 Å². The van der Waals surface area contributed by atoms with Crippen molar-refractivity contribution in [3.63, 3.8) is 0 Å². The maximum absolute atomic E-state index is 2.90. The molecule has 1 aliphatic carbocycles. The zero-order valence-electron chi connectivity index (χ0n) is 13.7. The van der Waals surface area contributed by atoms with Crippen molar-refractivity contribution in [1.82, 2.24) is 9.80 Å². The molecule has 3 fully saturated rings. The Balaban J connectivity index is 1.67. The summed E-state index contributed by atoms with van der Waals surface area (Å²) < 4.78 is 0. The van der Waals surface area contributed by atoms with Gasteiger partial charge in [0.05, 0.1) is 0 Å². The van der Waals surface area contributed by atoms with Gasteiger partial charge in [-0.25, -0.2) is 0 Å². The zero-order valence-corrected chi connectivity index (χ0v) is 13.7. The fourth-order valence-corrected chi connectivity index (χ4v) is 5.07. The summed E-state index contributed by atoms with van der Waals surface area (Å²) in [4.78, 5) is 5.71. The molecule has 0 bridgehead atoms. The third kappa shape index (κ3) is 2.92. The van der Waals surface area contributed by atoms with E-state index in [1.807, 2.05) is 0 Å². The Bertz CT molecular complexity index is 309. The molecule has 2 unspecified atom stereocenters. The number of hydrogen-bond donors (Lipinski definition) is 0. The van der Waals surface area contributed by atoms with E-state index in [4.69, 9.17) is 0 Å². The molecule has 2 aliphatic heterocycles. The van der Waals surface area contributed by atoms with Gasteiger partial charge in [0.15, 0.2) is 0 Å². The molecule has 0 aromatic rings. The highest BCUT2D eigenvalue weighted by atomic mass is 15.3. The molecular formula is C18H34N2. The predicted octanol–water partition coefficient (Wildman–Crippen LogP) is 3.91. The summed E-state index contributed by atoms with van der Waals surface area (Å²) in [6.45, 7) is 10.3. The van der Waals surface area contributed by atoms with Crippen LogP contribution in [0.4, 0.5) is 0 Å². The molecule has 0 N–H and O–H groups in total. The molecule has 0 radical (unpaired) electrons. The molecule has 1 saturated carbocycles. The summed E-state index contributed by atoms with van der Waals surface area (Å²) in [7, 11) is 0. The SMILES string of the molecule is CCC1CN2CCCCC2CN1CC1(CC)CCCC1. The maximum Gasteiger partial charge on any atom is 0.0223 e. The monoisotopic (exact) mass is 278 g/mol. The van der Waals surface area contributed by atoms with Gasteiger partial charge >= 0.3 is 0 Å². The first-order valence-corrected chi connectivity index (χ1v) is 9.24. The van der Waals surface area contributed by atoms with Crippen molar-refractivity contribution in [2.75, 3.05) is 26.2 Å². The lowest BCUT2D eigenvalue weighted by Crippen LogP contribution is -2.60. The van der Waals surface area contributed by atoms with Crippen LogP contribution in [0, 0.1) is 5.41 Å². The molecule has 0 aromatic heterocycles. The van der Waals surface area contributed by atoms with Crippen molar-refractivity contribution in [3.8, 4) is 0 Å². The van der Waals surface area contributed by atoms with E-state index in [1.54, 1.807) is 0 Å². The molecule has 0 spiro atoms. The first kappa shape index (κ1) is 14.8. The topological polar surface area (TPSA) is 6.48 Å². The van der Waals surface area contributed by atoms with Gasteiger partial charge in [-0.1, -0.05) is 33.1 Å². The van der Waals surface area contributed by atoms with Gasteiger partial charge in [-0.3, -0.25) is 9.80 Å². The molecule has 0 aromatic carbocycles. The normalized spacial score (nSPS) is 35.1. The summed E-state index contributed by atoms with van der Waals surface area (Å²) in [5, 5.41) is 0. The van der Waals surface area contributed by atoms with Crippen LogP contribution in [0.15, 0.2) is 0 Å². The van der Waals surface area contributed by atoms with E-state index in [1.165, 1.54) is 84.0 Å². The molecule has 2 heterocycles. The fraction of sp³-hybridized carbons (Fsp3) is 1.00. The highest BCUT2D eigenvalue weighted by Crippen LogP contribution is 2.42. The van der Waals surface area contributed by atoms with Crippen molar-refractivity contribution in [1.29, 1.82) is 0 Å². The summed E-state index contributed by atoms with van der Waals surface area (Å²) in [6, 6.07) is 1.70. The van der Waals surface area contributed by atoms with E-state index >= 15 is 0 Å². The van der Waals surface area contributed by atoms with E-state index < -0.39 is 0 Å². The summed E-state index contributed by atoms with van der Waals surface area (Å²) >= 11 is 0. The highest BCUT2D eigenvalue weighted by molar-refractivity contribution is 4.94. The van der Waals surface area contributed by atoms with Crippen molar-refractivity contribution in [3.05, 3.63) is 0 Å². The van der Waals surface area contributed by atoms with E-state index in [0.717, 1.165) is 12.1 Å². The second-order valence-electron chi connectivity index (χ2n) is 7.70. The van der Waals surface area contributed by atoms with Crippen LogP contribution in [0.2, 0.25) is 0 Å². The molecule has 2 saturated heterocycles. The van der Waals surface area contributed by atoms with Crippen molar-refractivity contribution >= 4 is 0 Å². The summed E-state index contributed by atoms with van der Waals surface area (Å²) in [5.74, 6) is 0. The smallest absolute Gasteiger partial charge is 0.0223 e. The molecule has 3 aliphatic rings. The Labute approximate surface area is 125 Å². The minimum atomic E-state index is 0.671. The van der Waals surface area contributed by atoms with Crippen LogP contribution in [-0.2, 0) is 0 Å². The van der Waals surface area contributed by atoms with Crippen molar-refractivity contribution in [2.24, 2.45) is 5.41 Å². The van der Waals surface area contributed by atoms with Crippen LogP contribution < -0.4 is 0 Å². The first-order valence-electron chi connectivity index (χ1n) is 9.24. The largest absolute Gasteiger partial charge is 0.298 e. The minimum Gasteiger partial charge on any atom is -0.298 e. The Morgan fingerprint density at radius 2 is 1.80 bits per heavy atom. The Morgan fingerprint density at radius 3 is 2.50 bits per heavy atom. The summed E-state index contributed by atoms with van der Waals surface area (Å²) in [5.41, 5.74) is 0.671. The molecular weight excluding hydrogens is 244 g/mol. The zero-order chi connectivity index (χ0) is 14.0. The second kappa shape index (κ2) is 6.36. The average molecular weight is 278 g/mol. The van der Waals surface area contributed by atoms with Gasteiger partial charge in [-0.05, 0) is 50.5 Å². The van der Waals surface area contributed by atoms with E-state index in [9.17, 15) is 0 Å². The van der Waals surface area contributed by atoms with E-state index in [2.05, 4.69) is 23.6 Å². The van der Waals surface area contributed by atoms with Gasteiger partial charge in [0.2, 0.25) is 0 Å². The average Bonchev–Trinajstić information content (AvgIpc) is 2.95. The molecule has 116 valence electrons. The van der Waals surface area contributed by atoms with Gasteiger partial charge in [0.25, 0.3) is 0 Å². The van der Waals surface area contributed by atoms with Gasteiger partial charge < -0.3 is 0 Å². The Kier molecular flexibility index (Phi) is 4.72. The Morgan fingerprint density at radius 1 is 1.00 bits per heavy atom. The van der Waals surface area contributed by atoms with Crippen LogP contribution in [0.3, 0.4) is 0 Å². The van der Waals surface area contributed by atoms with Crippen LogP contribution >= 0.6 is 0 Å². The number of nitrogens with zero attached hydrogens (tertiary/aromatic N) is 2. The van der Waals surface area contributed by atoms with Gasteiger partial charge in [0.1, 0.15) is 0 Å². The molecule has 20 heavy (non-hydrogen) atoms. The quantitative estimate of drug-likeness (QED) is 0.769. The number of piperidine rings is 1. The number of hydrogen-bond acceptors (Lipinski definition) is 2. The third-order valence-corrected chi connectivity index (χ3v) is 6.58. The van der Waals surface area contributed by atoms with E-state index in [0.29, 0.717) is 5.41 Å². The van der Waals surface area contributed by atoms with Crippen LogP contribution in [0.5, 0.6) is 0 Å². The highest BCUT2D eigenvalue weighted by Gasteiger charge is 2.39. The standard InChI is InChI=1S/C18H34N2/c1-3-16-13-19-12-8-5-9-17(19)14-20(16)15-18(4-2)10-6-7-11-18/h16-17H,3-15H2,1-2H3. The predicted molar refractivity (Wildman–Crippen MR) is 86.1 cm³/mol. The molecule has 0 amide bonds. The number of fused-ring (bicyclic) bond motifs is 1. The van der Waals surface area contributed by atoms with Crippen LogP contribution in [0.1, 0.15) is 71.6 Å². The van der Waals surface area contributed by atoms with E-state index in [-0.39, 0.29) is 0 Å². The fourth-order valence-electron chi connectivity index (χ4n) is 5.07. The molecule has 2 heteroatoms. The lowest BCUT2D eigenvalue weighted by Gasteiger charge is -2.50.